The first kappa shape index (κ1) is 19.5. The van der Waals surface area contributed by atoms with E-state index in [9.17, 15) is 14.0 Å². The number of hydrogen-bond acceptors (Lipinski definition) is 5. The van der Waals surface area contributed by atoms with Crippen LogP contribution in [0.3, 0.4) is 0 Å². The SMILES string of the molecule is COc1ccc(NC(=O)COC(=O)[C@H](C)Oc2ccc(F)cc2)cc1Cl. The van der Waals surface area contributed by atoms with Crippen LogP contribution in [0.2, 0.25) is 5.02 Å². The molecule has 0 fully saturated rings. The molecule has 0 aliphatic carbocycles. The van der Waals surface area contributed by atoms with Gasteiger partial charge in [0.05, 0.1) is 12.1 Å². The third kappa shape index (κ3) is 5.63. The molecule has 0 saturated carbocycles. The normalized spacial score (nSPS) is 11.4. The van der Waals surface area contributed by atoms with Crippen LogP contribution in [0.15, 0.2) is 42.5 Å². The van der Waals surface area contributed by atoms with E-state index < -0.39 is 30.4 Å². The Kier molecular flexibility index (Phi) is 6.80. The second-order valence-electron chi connectivity index (χ2n) is 5.22. The van der Waals surface area contributed by atoms with E-state index in [4.69, 9.17) is 25.8 Å². The standard InChI is InChI=1S/C18H17ClFNO5/c1-11(26-14-6-3-12(20)4-7-14)18(23)25-10-17(22)21-13-5-8-16(24-2)15(19)9-13/h3-9,11H,10H2,1-2H3,(H,21,22)/t11-/m0/s1. The van der Waals surface area contributed by atoms with E-state index in [1.54, 1.807) is 12.1 Å². The summed E-state index contributed by atoms with van der Waals surface area (Å²) in [6.07, 6.45) is -0.955. The minimum absolute atomic E-state index is 0.313. The third-order valence-electron chi connectivity index (χ3n) is 3.24. The fourth-order valence-electron chi connectivity index (χ4n) is 1.96. The van der Waals surface area contributed by atoms with Crippen molar-refractivity contribution >= 4 is 29.2 Å². The Morgan fingerprint density at radius 3 is 2.50 bits per heavy atom. The molecule has 0 aliphatic rings. The summed E-state index contributed by atoms with van der Waals surface area (Å²) in [5.74, 6) is -0.885. The van der Waals surface area contributed by atoms with Crippen molar-refractivity contribution in [1.29, 1.82) is 0 Å². The first-order chi connectivity index (χ1) is 12.4. The highest BCUT2D eigenvalue weighted by atomic mass is 35.5. The smallest absolute Gasteiger partial charge is 0.347 e. The molecule has 0 saturated heterocycles. The maximum absolute atomic E-state index is 12.8. The molecule has 2 rings (SSSR count). The molecule has 26 heavy (non-hydrogen) atoms. The van der Waals surface area contributed by atoms with Crippen LogP contribution in [-0.4, -0.2) is 31.7 Å². The highest BCUT2D eigenvalue weighted by molar-refractivity contribution is 6.32. The van der Waals surface area contributed by atoms with E-state index in [1.165, 1.54) is 44.4 Å². The molecule has 0 bridgehead atoms. The number of anilines is 1. The average Bonchev–Trinajstić information content (AvgIpc) is 2.61. The Balaban J connectivity index is 1.81. The molecule has 8 heteroatoms. The maximum atomic E-state index is 12.8. The topological polar surface area (TPSA) is 73.9 Å². The summed E-state index contributed by atoms with van der Waals surface area (Å²) < 4.78 is 28.1. The van der Waals surface area contributed by atoms with Crippen molar-refractivity contribution in [2.24, 2.45) is 0 Å². The van der Waals surface area contributed by atoms with Gasteiger partial charge in [-0.3, -0.25) is 4.79 Å². The number of carbonyl (C=O) groups excluding carboxylic acids is 2. The minimum atomic E-state index is -0.955. The van der Waals surface area contributed by atoms with Crippen molar-refractivity contribution in [2.75, 3.05) is 19.0 Å². The lowest BCUT2D eigenvalue weighted by Gasteiger charge is -2.14. The number of rotatable bonds is 7. The monoisotopic (exact) mass is 381 g/mol. The predicted octanol–water partition coefficient (Wildman–Crippen LogP) is 3.44. The lowest BCUT2D eigenvalue weighted by atomic mass is 10.3. The third-order valence-corrected chi connectivity index (χ3v) is 3.53. The van der Waals surface area contributed by atoms with E-state index in [1.807, 2.05) is 0 Å². The van der Waals surface area contributed by atoms with Crippen molar-refractivity contribution in [3.8, 4) is 11.5 Å². The second kappa shape index (κ2) is 9.05. The zero-order valence-corrected chi connectivity index (χ0v) is 14.9. The van der Waals surface area contributed by atoms with Gasteiger partial charge in [-0.25, -0.2) is 9.18 Å². The quantitative estimate of drug-likeness (QED) is 0.744. The molecule has 138 valence electrons. The number of hydrogen-bond donors (Lipinski definition) is 1. The number of esters is 1. The van der Waals surface area contributed by atoms with Gasteiger partial charge in [0, 0.05) is 5.69 Å². The molecule has 1 amide bonds. The van der Waals surface area contributed by atoms with Crippen molar-refractivity contribution < 1.29 is 28.2 Å². The molecule has 2 aromatic carbocycles. The number of carbonyl (C=O) groups is 2. The second-order valence-corrected chi connectivity index (χ2v) is 5.63. The summed E-state index contributed by atoms with van der Waals surface area (Å²) in [7, 11) is 1.48. The fourth-order valence-corrected chi connectivity index (χ4v) is 2.22. The summed E-state index contributed by atoms with van der Waals surface area (Å²) >= 11 is 5.97. The lowest BCUT2D eigenvalue weighted by Crippen LogP contribution is -2.29. The number of amides is 1. The number of methoxy groups -OCH3 is 1. The van der Waals surface area contributed by atoms with Gasteiger partial charge in [0.15, 0.2) is 12.7 Å². The van der Waals surface area contributed by atoms with Gasteiger partial charge in [0.25, 0.3) is 5.91 Å². The lowest BCUT2D eigenvalue weighted by molar-refractivity contribution is -0.153. The first-order valence-corrected chi connectivity index (χ1v) is 7.99. The predicted molar refractivity (Wildman–Crippen MR) is 94.1 cm³/mol. The van der Waals surface area contributed by atoms with Crippen LogP contribution in [0.1, 0.15) is 6.92 Å². The van der Waals surface area contributed by atoms with E-state index in [0.29, 0.717) is 22.2 Å². The molecule has 0 radical (unpaired) electrons. The molecule has 0 aliphatic heterocycles. The summed E-state index contributed by atoms with van der Waals surface area (Å²) in [5.41, 5.74) is 0.437. The van der Waals surface area contributed by atoms with Crippen LogP contribution in [0.5, 0.6) is 11.5 Å². The fraction of sp³-hybridized carbons (Fsp3) is 0.222. The Morgan fingerprint density at radius 2 is 1.88 bits per heavy atom. The molecule has 6 nitrogen and oxygen atoms in total. The van der Waals surface area contributed by atoms with E-state index in [2.05, 4.69) is 5.32 Å². The van der Waals surface area contributed by atoms with Gasteiger partial charge in [0.2, 0.25) is 0 Å². The molecule has 2 aromatic rings. The van der Waals surface area contributed by atoms with Crippen LogP contribution in [-0.2, 0) is 14.3 Å². The number of halogens is 2. The van der Waals surface area contributed by atoms with E-state index >= 15 is 0 Å². The highest BCUT2D eigenvalue weighted by Crippen LogP contribution is 2.27. The van der Waals surface area contributed by atoms with E-state index in [-0.39, 0.29) is 0 Å². The summed E-state index contributed by atoms with van der Waals surface area (Å²) in [6, 6.07) is 9.91. The number of nitrogens with one attached hydrogen (secondary N) is 1. The van der Waals surface area contributed by atoms with Crippen molar-refractivity contribution in [3.63, 3.8) is 0 Å². The molecular formula is C18H17ClFNO5. The molecule has 0 unspecified atom stereocenters. The van der Waals surface area contributed by atoms with Crippen molar-refractivity contribution in [1.82, 2.24) is 0 Å². The summed E-state index contributed by atoms with van der Waals surface area (Å²) in [4.78, 5) is 23.7. The van der Waals surface area contributed by atoms with Gasteiger partial charge in [-0.15, -0.1) is 0 Å². The Morgan fingerprint density at radius 1 is 1.19 bits per heavy atom. The van der Waals surface area contributed by atoms with Crippen LogP contribution >= 0.6 is 11.6 Å². The van der Waals surface area contributed by atoms with Crippen molar-refractivity contribution in [3.05, 3.63) is 53.3 Å². The zero-order chi connectivity index (χ0) is 19.1. The van der Waals surface area contributed by atoms with Gasteiger partial charge in [-0.2, -0.15) is 0 Å². The Hall–Kier alpha value is -2.80. The van der Waals surface area contributed by atoms with Gasteiger partial charge in [0.1, 0.15) is 17.3 Å². The first-order valence-electron chi connectivity index (χ1n) is 7.61. The van der Waals surface area contributed by atoms with Gasteiger partial charge in [-0.05, 0) is 49.4 Å². The van der Waals surface area contributed by atoms with Crippen LogP contribution in [0, 0.1) is 5.82 Å². The number of ether oxygens (including phenoxy) is 3. The number of benzene rings is 2. The van der Waals surface area contributed by atoms with Gasteiger partial charge < -0.3 is 19.5 Å². The largest absolute Gasteiger partial charge is 0.495 e. The summed E-state index contributed by atoms with van der Waals surface area (Å²) in [5, 5.41) is 2.88. The van der Waals surface area contributed by atoms with Crippen LogP contribution < -0.4 is 14.8 Å². The molecule has 1 N–H and O–H groups in total. The Labute approximate surface area is 154 Å². The molecule has 1 atom stereocenters. The molecule has 0 aromatic heterocycles. The van der Waals surface area contributed by atoms with Crippen LogP contribution in [0.25, 0.3) is 0 Å². The van der Waals surface area contributed by atoms with Gasteiger partial charge in [-0.1, -0.05) is 11.6 Å². The molecular weight excluding hydrogens is 365 g/mol. The average molecular weight is 382 g/mol. The highest BCUT2D eigenvalue weighted by Gasteiger charge is 2.18. The van der Waals surface area contributed by atoms with Crippen LogP contribution in [0.4, 0.5) is 10.1 Å². The maximum Gasteiger partial charge on any atom is 0.347 e. The summed E-state index contributed by atoms with van der Waals surface area (Å²) in [6.45, 7) is 0.979. The van der Waals surface area contributed by atoms with Gasteiger partial charge >= 0.3 is 5.97 Å². The molecule has 0 heterocycles. The minimum Gasteiger partial charge on any atom is -0.495 e. The van der Waals surface area contributed by atoms with Crippen molar-refractivity contribution in [2.45, 2.75) is 13.0 Å². The zero-order valence-electron chi connectivity index (χ0n) is 14.1. The van der Waals surface area contributed by atoms with E-state index in [0.717, 1.165) is 0 Å². The molecule has 0 spiro atoms. The Bertz CT molecular complexity index is 782.